The molecule has 0 aromatic heterocycles. The highest BCUT2D eigenvalue weighted by Gasteiger charge is 2.14. The maximum atomic E-state index is 11.3. The molecule has 0 fully saturated rings. The van der Waals surface area contributed by atoms with E-state index < -0.39 is 11.9 Å². The highest BCUT2D eigenvalue weighted by Crippen LogP contribution is 2.21. The Hall–Kier alpha value is -3.10. The average Bonchev–Trinajstić information content (AvgIpc) is 2.36. The molecule has 0 atom stereocenters. The van der Waals surface area contributed by atoms with E-state index in [1.807, 2.05) is 0 Å². The molecule has 0 saturated heterocycles. The van der Waals surface area contributed by atoms with Crippen molar-refractivity contribution in [1.82, 2.24) is 0 Å². The minimum absolute atomic E-state index is 0.00709. The standard InChI is InChI=1S/C11H13N5O4/c1-20-9(19)5-2-3-7(6(4-5)8(17)18)15-11(14)16-10(12)13/h2-4H,1H3,(H,17,18)(H6,12,13,14,15,16). The molecule has 0 unspecified atom stereocenters. The van der Waals surface area contributed by atoms with E-state index >= 15 is 0 Å². The van der Waals surface area contributed by atoms with Crippen molar-refractivity contribution >= 4 is 29.5 Å². The van der Waals surface area contributed by atoms with Crippen LogP contribution in [0.5, 0.6) is 0 Å². The van der Waals surface area contributed by atoms with Gasteiger partial charge in [0, 0.05) is 0 Å². The first kappa shape index (κ1) is 15.0. The molecule has 0 bridgehead atoms. The van der Waals surface area contributed by atoms with Gasteiger partial charge in [-0.25, -0.2) is 14.6 Å². The minimum Gasteiger partial charge on any atom is -0.478 e. The Bertz CT molecular complexity index is 605. The fraction of sp³-hybridized carbons (Fsp3) is 0.0909. The summed E-state index contributed by atoms with van der Waals surface area (Å²) in [6.45, 7) is 0. The van der Waals surface area contributed by atoms with Gasteiger partial charge in [0.05, 0.1) is 23.9 Å². The van der Waals surface area contributed by atoms with Gasteiger partial charge in [0.1, 0.15) is 0 Å². The van der Waals surface area contributed by atoms with Gasteiger partial charge in [0.2, 0.25) is 5.96 Å². The van der Waals surface area contributed by atoms with Gasteiger partial charge in [-0.15, -0.1) is 0 Å². The summed E-state index contributed by atoms with van der Waals surface area (Å²) in [5.74, 6) is -2.57. The van der Waals surface area contributed by atoms with Crippen molar-refractivity contribution in [3.05, 3.63) is 29.3 Å². The van der Waals surface area contributed by atoms with Crippen LogP contribution in [0.2, 0.25) is 0 Å². The van der Waals surface area contributed by atoms with Crippen molar-refractivity contribution in [2.45, 2.75) is 0 Å². The number of aliphatic imine (C=N–C) groups is 2. The molecule has 0 spiro atoms. The smallest absolute Gasteiger partial charge is 0.337 e. The van der Waals surface area contributed by atoms with Crippen LogP contribution in [0, 0.1) is 0 Å². The molecular weight excluding hydrogens is 266 g/mol. The molecule has 20 heavy (non-hydrogen) atoms. The Labute approximate surface area is 113 Å². The number of nitrogens with two attached hydrogens (primary N) is 3. The predicted octanol–water partition coefficient (Wildman–Crippen LogP) is -0.609. The Morgan fingerprint density at radius 3 is 2.40 bits per heavy atom. The summed E-state index contributed by atoms with van der Waals surface area (Å²) in [6.07, 6.45) is 0. The van der Waals surface area contributed by atoms with E-state index in [4.69, 9.17) is 22.3 Å². The molecule has 1 rings (SSSR count). The Balaban J connectivity index is 3.31. The van der Waals surface area contributed by atoms with E-state index in [-0.39, 0.29) is 28.7 Å². The van der Waals surface area contributed by atoms with E-state index in [2.05, 4.69) is 14.7 Å². The lowest BCUT2D eigenvalue weighted by molar-refractivity contribution is 0.0601. The van der Waals surface area contributed by atoms with Crippen LogP contribution in [0.3, 0.4) is 0 Å². The monoisotopic (exact) mass is 279 g/mol. The number of aromatic carboxylic acids is 1. The third-order valence-electron chi connectivity index (χ3n) is 2.13. The number of carbonyl (C=O) groups excluding carboxylic acids is 1. The number of hydrogen-bond acceptors (Lipinski definition) is 4. The zero-order valence-electron chi connectivity index (χ0n) is 10.5. The molecule has 106 valence electrons. The molecule has 0 saturated carbocycles. The third-order valence-corrected chi connectivity index (χ3v) is 2.13. The summed E-state index contributed by atoms with van der Waals surface area (Å²) in [4.78, 5) is 29.7. The van der Waals surface area contributed by atoms with Gasteiger partial charge in [0.25, 0.3) is 0 Å². The van der Waals surface area contributed by atoms with Gasteiger partial charge in [0.15, 0.2) is 5.96 Å². The molecule has 0 aliphatic rings. The minimum atomic E-state index is -1.29. The number of carbonyl (C=O) groups is 2. The maximum absolute atomic E-state index is 11.3. The van der Waals surface area contributed by atoms with Gasteiger partial charge in [-0.3, -0.25) is 0 Å². The summed E-state index contributed by atoms with van der Waals surface area (Å²) in [5.41, 5.74) is 15.5. The van der Waals surface area contributed by atoms with Crippen molar-refractivity contribution in [2.24, 2.45) is 27.2 Å². The molecule has 9 nitrogen and oxygen atoms in total. The lowest BCUT2D eigenvalue weighted by Crippen LogP contribution is -2.26. The molecule has 0 heterocycles. The number of carboxylic acids is 1. The molecule has 0 amide bonds. The molecule has 1 aromatic rings. The van der Waals surface area contributed by atoms with E-state index in [0.717, 1.165) is 6.07 Å². The van der Waals surface area contributed by atoms with Gasteiger partial charge in [-0.05, 0) is 18.2 Å². The van der Waals surface area contributed by atoms with E-state index in [1.165, 1.54) is 19.2 Å². The van der Waals surface area contributed by atoms with E-state index in [1.54, 1.807) is 0 Å². The summed E-state index contributed by atoms with van der Waals surface area (Å²) < 4.78 is 4.50. The lowest BCUT2D eigenvalue weighted by atomic mass is 10.1. The van der Waals surface area contributed by atoms with Crippen molar-refractivity contribution in [3.8, 4) is 0 Å². The number of nitrogens with zero attached hydrogens (tertiary/aromatic N) is 2. The molecule has 0 aliphatic heterocycles. The van der Waals surface area contributed by atoms with Crippen molar-refractivity contribution < 1.29 is 19.4 Å². The second-order valence-electron chi connectivity index (χ2n) is 3.54. The number of guanidine groups is 2. The molecular formula is C11H13N5O4. The van der Waals surface area contributed by atoms with Crippen LogP contribution in [0.1, 0.15) is 20.7 Å². The lowest BCUT2D eigenvalue weighted by Gasteiger charge is -2.04. The second-order valence-corrected chi connectivity index (χ2v) is 3.54. The summed E-state index contributed by atoms with van der Waals surface area (Å²) in [6, 6.07) is 3.76. The van der Waals surface area contributed by atoms with Crippen molar-refractivity contribution in [3.63, 3.8) is 0 Å². The third kappa shape index (κ3) is 3.70. The fourth-order valence-corrected chi connectivity index (χ4v) is 1.33. The number of rotatable bonds is 3. The van der Waals surface area contributed by atoms with Crippen LogP contribution in [0.15, 0.2) is 28.2 Å². The number of ether oxygens (including phenoxy) is 1. The molecule has 0 radical (unpaired) electrons. The average molecular weight is 279 g/mol. The first-order valence-corrected chi connectivity index (χ1v) is 5.24. The maximum Gasteiger partial charge on any atom is 0.337 e. The zero-order chi connectivity index (χ0) is 15.3. The van der Waals surface area contributed by atoms with Crippen LogP contribution in [0.4, 0.5) is 5.69 Å². The predicted molar refractivity (Wildman–Crippen MR) is 71.8 cm³/mol. The highest BCUT2D eigenvalue weighted by atomic mass is 16.5. The Kier molecular flexibility index (Phi) is 4.62. The molecule has 0 aliphatic carbocycles. The molecule has 1 aromatic carbocycles. The first-order valence-electron chi connectivity index (χ1n) is 5.24. The largest absolute Gasteiger partial charge is 0.478 e. The van der Waals surface area contributed by atoms with Crippen LogP contribution in [0.25, 0.3) is 0 Å². The van der Waals surface area contributed by atoms with E-state index in [9.17, 15) is 9.59 Å². The van der Waals surface area contributed by atoms with Gasteiger partial charge in [-0.1, -0.05) is 0 Å². The zero-order valence-corrected chi connectivity index (χ0v) is 10.5. The first-order chi connectivity index (χ1) is 9.35. The fourth-order valence-electron chi connectivity index (χ4n) is 1.33. The number of benzene rings is 1. The van der Waals surface area contributed by atoms with Crippen LogP contribution in [-0.2, 0) is 4.74 Å². The summed E-state index contributed by atoms with van der Waals surface area (Å²) in [5, 5.41) is 9.09. The molecule has 7 N–H and O–H groups in total. The summed E-state index contributed by atoms with van der Waals surface area (Å²) in [7, 11) is 1.19. The Morgan fingerprint density at radius 1 is 1.25 bits per heavy atom. The molecule has 9 heteroatoms. The van der Waals surface area contributed by atoms with Crippen LogP contribution < -0.4 is 17.2 Å². The second kappa shape index (κ2) is 6.18. The topological polar surface area (TPSA) is 166 Å². The summed E-state index contributed by atoms with van der Waals surface area (Å²) >= 11 is 0. The number of esters is 1. The Morgan fingerprint density at radius 2 is 1.90 bits per heavy atom. The SMILES string of the molecule is COC(=O)c1ccc(N=C(N)N=C(N)N)c(C(=O)O)c1. The number of carboxylic acid groups (broad SMARTS) is 1. The number of methoxy groups -OCH3 is 1. The van der Waals surface area contributed by atoms with Crippen molar-refractivity contribution in [1.29, 1.82) is 0 Å². The quantitative estimate of drug-likeness (QED) is 0.325. The van der Waals surface area contributed by atoms with Crippen LogP contribution >= 0.6 is 0 Å². The van der Waals surface area contributed by atoms with Gasteiger partial charge >= 0.3 is 11.9 Å². The van der Waals surface area contributed by atoms with Crippen molar-refractivity contribution in [2.75, 3.05) is 7.11 Å². The number of hydrogen-bond donors (Lipinski definition) is 4. The van der Waals surface area contributed by atoms with Gasteiger partial charge in [-0.2, -0.15) is 4.99 Å². The van der Waals surface area contributed by atoms with Crippen LogP contribution in [-0.4, -0.2) is 36.1 Å². The van der Waals surface area contributed by atoms with E-state index in [0.29, 0.717) is 0 Å². The normalized spacial score (nSPS) is 10.8. The van der Waals surface area contributed by atoms with Gasteiger partial charge < -0.3 is 27.0 Å². The highest BCUT2D eigenvalue weighted by molar-refractivity contribution is 6.00.